The summed E-state index contributed by atoms with van der Waals surface area (Å²) in [6.45, 7) is 2.66. The monoisotopic (exact) mass is 424 g/mol. The van der Waals surface area contributed by atoms with E-state index in [9.17, 15) is 9.59 Å². The van der Waals surface area contributed by atoms with E-state index in [1.165, 1.54) is 0 Å². The second-order valence-electron chi connectivity index (χ2n) is 7.68. The minimum absolute atomic E-state index is 0.132. The summed E-state index contributed by atoms with van der Waals surface area (Å²) in [6, 6.07) is 23.2. The summed E-state index contributed by atoms with van der Waals surface area (Å²) < 4.78 is 6.72. The van der Waals surface area contributed by atoms with Crippen LogP contribution in [0, 0.1) is 6.92 Å². The van der Waals surface area contributed by atoms with Crippen LogP contribution in [0.1, 0.15) is 21.5 Å². The van der Waals surface area contributed by atoms with Gasteiger partial charge in [0.05, 0.1) is 0 Å². The zero-order chi connectivity index (χ0) is 22.1. The van der Waals surface area contributed by atoms with Gasteiger partial charge in [-0.15, -0.1) is 0 Å². The van der Waals surface area contributed by atoms with Gasteiger partial charge in [0.25, 0.3) is 5.91 Å². The number of amides is 1. The van der Waals surface area contributed by atoms with E-state index in [1.807, 2.05) is 85.9 Å². The Bertz CT molecular complexity index is 1480. The molecule has 0 fully saturated rings. The van der Waals surface area contributed by atoms with Gasteiger partial charge < -0.3 is 9.88 Å². The Kier molecular flexibility index (Phi) is 4.91. The lowest BCUT2D eigenvalue weighted by atomic mass is 10.1. The molecule has 0 saturated carbocycles. The third kappa shape index (κ3) is 3.96. The van der Waals surface area contributed by atoms with Crippen molar-refractivity contribution in [2.45, 2.75) is 13.5 Å². The predicted octanol–water partition coefficient (Wildman–Crippen LogP) is 4.59. The van der Waals surface area contributed by atoms with Crippen LogP contribution < -0.4 is 11.1 Å². The van der Waals surface area contributed by atoms with E-state index in [0.29, 0.717) is 17.9 Å². The Morgan fingerprint density at radius 1 is 1.06 bits per heavy atom. The molecule has 158 valence electrons. The number of hydrogen-bond donors (Lipinski definition) is 2. The molecule has 0 atom stereocenters. The Balaban J connectivity index is 1.32. The minimum atomic E-state index is -0.575. The Hall–Kier alpha value is -4.39. The number of aromatic nitrogens is 3. The SMILES string of the molecule is Cc1cccc(NC(=O)c2ccc(Cn3ccc4cc(-c5noc(=O)[nH]5)ccc43)cc2)c1. The van der Waals surface area contributed by atoms with Gasteiger partial charge >= 0.3 is 5.76 Å². The highest BCUT2D eigenvalue weighted by atomic mass is 16.5. The summed E-state index contributed by atoms with van der Waals surface area (Å²) >= 11 is 0. The topological polar surface area (TPSA) is 92.9 Å². The number of carbonyl (C=O) groups is 1. The average Bonchev–Trinajstić information content (AvgIpc) is 3.40. The molecule has 0 aliphatic rings. The second kappa shape index (κ2) is 8.03. The second-order valence-corrected chi connectivity index (χ2v) is 7.68. The summed E-state index contributed by atoms with van der Waals surface area (Å²) in [5.74, 6) is -0.301. The van der Waals surface area contributed by atoms with Crippen molar-refractivity contribution in [2.24, 2.45) is 0 Å². The molecule has 0 bridgehead atoms. The number of aryl methyl sites for hydroxylation is 1. The lowest BCUT2D eigenvalue weighted by Gasteiger charge is -2.09. The summed E-state index contributed by atoms with van der Waals surface area (Å²) in [5, 5.41) is 7.70. The molecule has 0 saturated heterocycles. The lowest BCUT2D eigenvalue weighted by molar-refractivity contribution is 0.102. The van der Waals surface area contributed by atoms with E-state index in [0.717, 1.165) is 33.3 Å². The quantitative estimate of drug-likeness (QED) is 0.431. The predicted molar refractivity (Wildman–Crippen MR) is 123 cm³/mol. The molecule has 3 aromatic carbocycles. The molecular weight excluding hydrogens is 404 g/mol. The van der Waals surface area contributed by atoms with E-state index >= 15 is 0 Å². The van der Waals surface area contributed by atoms with Crippen LogP contribution in [-0.2, 0) is 6.54 Å². The Morgan fingerprint density at radius 2 is 1.91 bits per heavy atom. The molecule has 5 rings (SSSR count). The molecule has 0 unspecified atom stereocenters. The summed E-state index contributed by atoms with van der Waals surface area (Å²) in [5.41, 5.74) is 5.41. The molecule has 0 aliphatic heterocycles. The number of fused-ring (bicyclic) bond motifs is 1. The summed E-state index contributed by atoms with van der Waals surface area (Å²) in [6.07, 6.45) is 2.01. The van der Waals surface area contributed by atoms with Crippen molar-refractivity contribution >= 4 is 22.5 Å². The molecule has 0 aliphatic carbocycles. The van der Waals surface area contributed by atoms with E-state index in [-0.39, 0.29) is 5.91 Å². The van der Waals surface area contributed by atoms with Crippen molar-refractivity contribution in [3.8, 4) is 11.4 Å². The molecule has 32 heavy (non-hydrogen) atoms. The number of benzene rings is 3. The van der Waals surface area contributed by atoms with Gasteiger partial charge in [-0.2, -0.15) is 0 Å². The first-order chi connectivity index (χ1) is 15.5. The zero-order valence-corrected chi connectivity index (χ0v) is 17.3. The molecule has 2 aromatic heterocycles. The maximum atomic E-state index is 12.5. The standard InChI is InChI=1S/C25H20N4O3/c1-16-3-2-4-21(13-16)26-24(30)18-7-5-17(6-8-18)15-29-12-11-19-14-20(9-10-22(19)29)23-27-25(31)32-28-23/h2-14H,15H2,1H3,(H,26,30)(H,27,28,31). The molecule has 1 amide bonds. The molecule has 7 heteroatoms. The highest BCUT2D eigenvalue weighted by molar-refractivity contribution is 6.04. The number of nitrogens with zero attached hydrogens (tertiary/aromatic N) is 2. The Morgan fingerprint density at radius 3 is 2.66 bits per heavy atom. The Labute approximate surface area is 183 Å². The highest BCUT2D eigenvalue weighted by Gasteiger charge is 2.09. The molecule has 0 radical (unpaired) electrons. The number of aromatic amines is 1. The first kappa shape index (κ1) is 19.6. The van der Waals surface area contributed by atoms with Crippen LogP contribution in [0.2, 0.25) is 0 Å². The van der Waals surface area contributed by atoms with Gasteiger partial charge in [-0.25, -0.2) is 4.79 Å². The largest absolute Gasteiger partial charge is 0.439 e. The molecule has 2 N–H and O–H groups in total. The van der Waals surface area contributed by atoms with Crippen LogP contribution in [0.15, 0.2) is 88.3 Å². The van der Waals surface area contributed by atoms with E-state index in [1.54, 1.807) is 0 Å². The fourth-order valence-electron chi connectivity index (χ4n) is 3.72. The first-order valence-electron chi connectivity index (χ1n) is 10.2. The molecule has 0 spiro atoms. The molecule has 7 nitrogen and oxygen atoms in total. The number of carbonyl (C=O) groups excluding carboxylic acids is 1. The maximum absolute atomic E-state index is 12.5. The number of nitrogens with one attached hydrogen (secondary N) is 2. The van der Waals surface area contributed by atoms with Gasteiger partial charge in [-0.1, -0.05) is 29.4 Å². The van der Waals surface area contributed by atoms with Crippen molar-refractivity contribution in [3.05, 3.63) is 106 Å². The average molecular weight is 424 g/mol. The summed E-state index contributed by atoms with van der Waals surface area (Å²) in [7, 11) is 0. The van der Waals surface area contributed by atoms with E-state index in [4.69, 9.17) is 0 Å². The smallest absolute Gasteiger partial charge is 0.343 e. The van der Waals surface area contributed by atoms with Crippen LogP contribution in [0.5, 0.6) is 0 Å². The molecule has 2 heterocycles. The number of rotatable bonds is 5. The summed E-state index contributed by atoms with van der Waals surface area (Å²) in [4.78, 5) is 26.3. The fourth-order valence-corrected chi connectivity index (χ4v) is 3.72. The van der Waals surface area contributed by atoms with Crippen LogP contribution in [0.25, 0.3) is 22.3 Å². The lowest BCUT2D eigenvalue weighted by Crippen LogP contribution is -2.12. The van der Waals surface area contributed by atoms with Gasteiger partial charge in [0.15, 0.2) is 5.82 Å². The molecule has 5 aromatic rings. The van der Waals surface area contributed by atoms with Gasteiger partial charge in [-0.05, 0) is 66.6 Å². The van der Waals surface area contributed by atoms with Crippen molar-refractivity contribution in [3.63, 3.8) is 0 Å². The van der Waals surface area contributed by atoms with Crippen molar-refractivity contribution < 1.29 is 9.32 Å². The van der Waals surface area contributed by atoms with Gasteiger partial charge in [-0.3, -0.25) is 14.3 Å². The number of hydrogen-bond acceptors (Lipinski definition) is 4. The normalized spacial score (nSPS) is 11.0. The minimum Gasteiger partial charge on any atom is -0.343 e. The molecular formula is C25H20N4O3. The van der Waals surface area contributed by atoms with E-state index < -0.39 is 5.76 Å². The van der Waals surface area contributed by atoms with Gasteiger partial charge in [0, 0.05) is 40.5 Å². The van der Waals surface area contributed by atoms with Gasteiger partial charge in [0.1, 0.15) is 0 Å². The van der Waals surface area contributed by atoms with Crippen LogP contribution in [0.3, 0.4) is 0 Å². The van der Waals surface area contributed by atoms with Crippen molar-refractivity contribution in [2.75, 3.05) is 5.32 Å². The third-order valence-electron chi connectivity index (χ3n) is 5.33. The third-order valence-corrected chi connectivity index (χ3v) is 5.33. The van der Waals surface area contributed by atoms with Crippen LogP contribution in [0.4, 0.5) is 5.69 Å². The number of anilines is 1. The fraction of sp³-hybridized carbons (Fsp3) is 0.0800. The van der Waals surface area contributed by atoms with Crippen LogP contribution >= 0.6 is 0 Å². The number of H-pyrrole nitrogens is 1. The maximum Gasteiger partial charge on any atom is 0.439 e. The van der Waals surface area contributed by atoms with Crippen molar-refractivity contribution in [1.82, 2.24) is 14.7 Å². The van der Waals surface area contributed by atoms with Gasteiger partial charge in [0.2, 0.25) is 0 Å². The first-order valence-corrected chi connectivity index (χ1v) is 10.2. The zero-order valence-electron chi connectivity index (χ0n) is 17.3. The van der Waals surface area contributed by atoms with E-state index in [2.05, 4.69) is 24.5 Å². The van der Waals surface area contributed by atoms with Crippen LogP contribution in [-0.4, -0.2) is 20.6 Å². The highest BCUT2D eigenvalue weighted by Crippen LogP contribution is 2.23. The van der Waals surface area contributed by atoms with Crippen molar-refractivity contribution in [1.29, 1.82) is 0 Å².